The molecule has 4 nitrogen and oxygen atoms in total. The molecule has 0 fully saturated rings. The highest BCUT2D eigenvalue weighted by atomic mass is 32.2. The third-order valence-corrected chi connectivity index (χ3v) is 3.16. The Labute approximate surface area is 95.9 Å². The molecule has 1 aromatic rings. The summed E-state index contributed by atoms with van der Waals surface area (Å²) in [7, 11) is 1.93. The van der Waals surface area contributed by atoms with Crippen molar-refractivity contribution in [3.63, 3.8) is 0 Å². The molecule has 0 aromatic carbocycles. The number of thioether (sulfide) groups is 1. The molecule has 5 heteroatoms. The van der Waals surface area contributed by atoms with Crippen molar-refractivity contribution in [2.24, 2.45) is 7.05 Å². The van der Waals surface area contributed by atoms with Crippen LogP contribution >= 0.6 is 11.8 Å². The molecule has 0 bridgehead atoms. The standard InChI is InChI=1S/C10H20N4S/c1-3-15-8-4-6-11-7-5-10-12-9-13-14(10)2/h9,11H,3-8H2,1-2H3. The highest BCUT2D eigenvalue weighted by Gasteiger charge is 1.98. The minimum atomic E-state index is 0.956. The lowest BCUT2D eigenvalue weighted by atomic mass is 10.4. The quantitative estimate of drug-likeness (QED) is 0.676. The maximum Gasteiger partial charge on any atom is 0.138 e. The van der Waals surface area contributed by atoms with Crippen LogP contribution in [0.5, 0.6) is 0 Å². The van der Waals surface area contributed by atoms with E-state index in [0.717, 1.165) is 25.3 Å². The van der Waals surface area contributed by atoms with Gasteiger partial charge in [0, 0.05) is 20.0 Å². The van der Waals surface area contributed by atoms with E-state index in [0.29, 0.717) is 0 Å². The zero-order chi connectivity index (χ0) is 10.9. The Morgan fingerprint density at radius 2 is 2.33 bits per heavy atom. The van der Waals surface area contributed by atoms with Gasteiger partial charge in [0.2, 0.25) is 0 Å². The molecule has 0 atom stereocenters. The maximum atomic E-state index is 4.17. The van der Waals surface area contributed by atoms with Gasteiger partial charge >= 0.3 is 0 Å². The first-order valence-electron chi connectivity index (χ1n) is 5.46. The minimum Gasteiger partial charge on any atom is -0.316 e. The summed E-state index contributed by atoms with van der Waals surface area (Å²) in [4.78, 5) is 4.17. The van der Waals surface area contributed by atoms with Crippen molar-refractivity contribution in [2.75, 3.05) is 24.6 Å². The molecule has 0 aliphatic heterocycles. The molecule has 86 valence electrons. The van der Waals surface area contributed by atoms with Gasteiger partial charge in [0.15, 0.2) is 0 Å². The monoisotopic (exact) mass is 228 g/mol. The number of hydrogen-bond acceptors (Lipinski definition) is 4. The number of hydrogen-bond donors (Lipinski definition) is 1. The van der Waals surface area contributed by atoms with Crippen LogP contribution in [-0.4, -0.2) is 39.4 Å². The second kappa shape index (κ2) is 7.70. The molecule has 0 unspecified atom stereocenters. The van der Waals surface area contributed by atoms with Crippen molar-refractivity contribution in [3.05, 3.63) is 12.2 Å². The van der Waals surface area contributed by atoms with Crippen LogP contribution in [0.4, 0.5) is 0 Å². The maximum absolute atomic E-state index is 4.17. The van der Waals surface area contributed by atoms with Gasteiger partial charge < -0.3 is 5.32 Å². The molecular formula is C10H20N4S. The van der Waals surface area contributed by atoms with E-state index in [1.807, 2.05) is 23.5 Å². The Morgan fingerprint density at radius 3 is 3.00 bits per heavy atom. The first-order valence-corrected chi connectivity index (χ1v) is 6.61. The summed E-state index contributed by atoms with van der Waals surface area (Å²) in [5.74, 6) is 3.53. The molecule has 0 saturated heterocycles. The Kier molecular flexibility index (Phi) is 6.43. The SMILES string of the molecule is CCSCCCNCCc1ncnn1C. The van der Waals surface area contributed by atoms with Gasteiger partial charge in [-0.1, -0.05) is 6.92 Å². The largest absolute Gasteiger partial charge is 0.316 e. The van der Waals surface area contributed by atoms with Gasteiger partial charge in [-0.05, 0) is 24.5 Å². The molecule has 1 rings (SSSR count). The third-order valence-electron chi connectivity index (χ3n) is 2.18. The van der Waals surface area contributed by atoms with Crippen molar-refractivity contribution in [1.82, 2.24) is 20.1 Å². The number of aromatic nitrogens is 3. The molecule has 0 amide bonds. The molecule has 0 aliphatic rings. The fourth-order valence-electron chi connectivity index (χ4n) is 1.32. The second-order valence-corrected chi connectivity index (χ2v) is 4.74. The number of nitrogens with one attached hydrogen (secondary N) is 1. The highest BCUT2D eigenvalue weighted by Crippen LogP contribution is 1.99. The lowest BCUT2D eigenvalue weighted by Gasteiger charge is -2.03. The highest BCUT2D eigenvalue weighted by molar-refractivity contribution is 7.99. The zero-order valence-electron chi connectivity index (χ0n) is 9.57. The predicted octanol–water partition coefficient (Wildman–Crippen LogP) is 1.09. The van der Waals surface area contributed by atoms with E-state index in [1.165, 1.54) is 17.9 Å². The van der Waals surface area contributed by atoms with Gasteiger partial charge in [0.25, 0.3) is 0 Å². The van der Waals surface area contributed by atoms with Gasteiger partial charge in [0.1, 0.15) is 12.2 Å². The topological polar surface area (TPSA) is 42.7 Å². The Hall–Kier alpha value is -0.550. The van der Waals surface area contributed by atoms with Gasteiger partial charge in [-0.25, -0.2) is 4.98 Å². The van der Waals surface area contributed by atoms with Gasteiger partial charge in [-0.2, -0.15) is 16.9 Å². The van der Waals surface area contributed by atoms with E-state index >= 15 is 0 Å². The second-order valence-electron chi connectivity index (χ2n) is 3.35. The summed E-state index contributed by atoms with van der Waals surface area (Å²) in [5.41, 5.74) is 0. The minimum absolute atomic E-state index is 0.956. The summed E-state index contributed by atoms with van der Waals surface area (Å²) in [6, 6.07) is 0. The molecule has 1 heterocycles. The average molecular weight is 228 g/mol. The van der Waals surface area contributed by atoms with Crippen LogP contribution in [0.3, 0.4) is 0 Å². The molecule has 1 aromatic heterocycles. The molecule has 1 N–H and O–H groups in total. The fourth-order valence-corrected chi connectivity index (χ4v) is 1.95. The predicted molar refractivity (Wildman–Crippen MR) is 65.2 cm³/mol. The van der Waals surface area contributed by atoms with Gasteiger partial charge in [-0.15, -0.1) is 0 Å². The number of aryl methyl sites for hydroxylation is 1. The summed E-state index contributed by atoms with van der Waals surface area (Å²) >= 11 is 2.00. The van der Waals surface area contributed by atoms with Crippen LogP contribution in [0, 0.1) is 0 Å². The van der Waals surface area contributed by atoms with Crippen LogP contribution in [0.15, 0.2) is 6.33 Å². The fraction of sp³-hybridized carbons (Fsp3) is 0.800. The van der Waals surface area contributed by atoms with E-state index in [-0.39, 0.29) is 0 Å². The zero-order valence-corrected chi connectivity index (χ0v) is 10.4. The van der Waals surface area contributed by atoms with Crippen molar-refractivity contribution in [1.29, 1.82) is 0 Å². The Bertz CT molecular complexity index is 262. The van der Waals surface area contributed by atoms with Crippen molar-refractivity contribution < 1.29 is 0 Å². The summed E-state index contributed by atoms with van der Waals surface area (Å²) in [6.45, 7) is 4.29. The third kappa shape index (κ3) is 5.18. The smallest absolute Gasteiger partial charge is 0.138 e. The summed E-state index contributed by atoms with van der Waals surface area (Å²) in [5, 5.41) is 7.45. The lowest BCUT2D eigenvalue weighted by Crippen LogP contribution is -2.20. The summed E-state index contributed by atoms with van der Waals surface area (Å²) in [6.07, 6.45) is 3.81. The van der Waals surface area contributed by atoms with Crippen molar-refractivity contribution >= 4 is 11.8 Å². The van der Waals surface area contributed by atoms with E-state index < -0.39 is 0 Å². The van der Waals surface area contributed by atoms with Gasteiger partial charge in [-0.3, -0.25) is 4.68 Å². The lowest BCUT2D eigenvalue weighted by molar-refractivity contribution is 0.630. The van der Waals surface area contributed by atoms with Crippen LogP contribution < -0.4 is 5.32 Å². The van der Waals surface area contributed by atoms with Crippen LogP contribution in [-0.2, 0) is 13.5 Å². The molecule has 15 heavy (non-hydrogen) atoms. The molecular weight excluding hydrogens is 208 g/mol. The van der Waals surface area contributed by atoms with Gasteiger partial charge in [0.05, 0.1) is 0 Å². The van der Waals surface area contributed by atoms with Crippen LogP contribution in [0.1, 0.15) is 19.2 Å². The van der Waals surface area contributed by atoms with Crippen molar-refractivity contribution in [2.45, 2.75) is 19.8 Å². The van der Waals surface area contributed by atoms with E-state index in [1.54, 1.807) is 6.33 Å². The summed E-state index contributed by atoms with van der Waals surface area (Å²) < 4.78 is 1.83. The Morgan fingerprint density at radius 1 is 1.47 bits per heavy atom. The molecule has 0 spiro atoms. The van der Waals surface area contributed by atoms with Crippen LogP contribution in [0.25, 0.3) is 0 Å². The first-order chi connectivity index (χ1) is 7.34. The van der Waals surface area contributed by atoms with E-state index in [4.69, 9.17) is 0 Å². The Balaban J connectivity index is 1.96. The molecule has 0 aliphatic carbocycles. The molecule has 0 radical (unpaired) electrons. The van der Waals surface area contributed by atoms with E-state index in [9.17, 15) is 0 Å². The number of nitrogens with zero attached hydrogens (tertiary/aromatic N) is 3. The van der Waals surface area contributed by atoms with Crippen molar-refractivity contribution in [3.8, 4) is 0 Å². The van der Waals surface area contributed by atoms with E-state index in [2.05, 4.69) is 22.3 Å². The average Bonchev–Trinajstić information content (AvgIpc) is 2.63. The number of rotatable bonds is 8. The normalized spacial score (nSPS) is 10.8. The molecule has 0 saturated carbocycles. The van der Waals surface area contributed by atoms with Crippen LogP contribution in [0.2, 0.25) is 0 Å². The first kappa shape index (κ1) is 12.5.